The zero-order valence-electron chi connectivity index (χ0n) is 12.5. The average Bonchev–Trinajstić information content (AvgIpc) is 3.21. The standard InChI is InChI=1S/C16H21N3O3/c20-14-12-10-4-5-11(8-10)13(12)15(21)19(14)9-17-16(22)18-6-2-1-3-7-18/h4-5,10-13H,1-3,6-9H2,(H,17,22). The minimum Gasteiger partial charge on any atom is -0.325 e. The van der Waals surface area contributed by atoms with Crippen molar-refractivity contribution in [2.24, 2.45) is 23.7 Å². The van der Waals surface area contributed by atoms with E-state index in [-0.39, 0.29) is 48.2 Å². The lowest BCUT2D eigenvalue weighted by Crippen LogP contribution is -2.48. The summed E-state index contributed by atoms with van der Waals surface area (Å²) < 4.78 is 0. The van der Waals surface area contributed by atoms with Gasteiger partial charge in [-0.3, -0.25) is 14.5 Å². The topological polar surface area (TPSA) is 69.7 Å². The van der Waals surface area contributed by atoms with Crippen molar-refractivity contribution in [3.63, 3.8) is 0 Å². The fourth-order valence-corrected chi connectivity index (χ4v) is 4.48. The fourth-order valence-electron chi connectivity index (χ4n) is 4.48. The summed E-state index contributed by atoms with van der Waals surface area (Å²) in [5, 5.41) is 2.75. The Kier molecular flexibility index (Phi) is 3.20. The minimum absolute atomic E-state index is 0.0133. The Balaban J connectivity index is 1.39. The lowest BCUT2D eigenvalue weighted by Gasteiger charge is -2.28. The third-order valence-corrected chi connectivity index (χ3v) is 5.59. The van der Waals surface area contributed by atoms with E-state index in [0.29, 0.717) is 0 Å². The van der Waals surface area contributed by atoms with Gasteiger partial charge in [-0.05, 0) is 37.5 Å². The number of nitrogens with one attached hydrogen (secondary N) is 1. The van der Waals surface area contributed by atoms with Crippen LogP contribution in [0.5, 0.6) is 0 Å². The molecule has 4 rings (SSSR count). The maximum absolute atomic E-state index is 12.5. The molecule has 0 spiro atoms. The second-order valence-electron chi connectivity index (χ2n) is 6.79. The summed E-state index contributed by atoms with van der Waals surface area (Å²) >= 11 is 0. The Labute approximate surface area is 129 Å². The summed E-state index contributed by atoms with van der Waals surface area (Å²) in [7, 11) is 0. The fraction of sp³-hybridized carbons (Fsp3) is 0.688. The highest BCUT2D eigenvalue weighted by molar-refractivity contribution is 6.06. The predicted octanol–water partition coefficient (Wildman–Crippen LogP) is 0.946. The Morgan fingerprint density at radius 2 is 1.64 bits per heavy atom. The SMILES string of the molecule is O=C(NCN1C(=O)C2C3C=CC(C3)C2C1=O)N1CCCCC1. The Morgan fingerprint density at radius 3 is 2.23 bits per heavy atom. The number of carbonyl (C=O) groups excluding carboxylic acids is 3. The number of amides is 4. The van der Waals surface area contributed by atoms with Crippen LogP contribution >= 0.6 is 0 Å². The molecule has 2 heterocycles. The molecule has 2 saturated heterocycles. The lowest BCUT2D eigenvalue weighted by atomic mass is 9.85. The van der Waals surface area contributed by atoms with Gasteiger partial charge in [0, 0.05) is 13.1 Å². The molecule has 1 saturated carbocycles. The summed E-state index contributed by atoms with van der Waals surface area (Å²) in [4.78, 5) is 40.1. The molecule has 4 aliphatic rings. The summed E-state index contributed by atoms with van der Waals surface area (Å²) in [6.45, 7) is 1.53. The Bertz CT molecular complexity index is 523. The molecule has 0 radical (unpaired) electrons. The number of piperidine rings is 1. The highest BCUT2D eigenvalue weighted by Crippen LogP contribution is 2.52. The van der Waals surface area contributed by atoms with E-state index in [2.05, 4.69) is 17.5 Å². The molecule has 2 aliphatic carbocycles. The van der Waals surface area contributed by atoms with Crippen LogP contribution in [0, 0.1) is 23.7 Å². The first-order valence-electron chi connectivity index (χ1n) is 8.23. The van der Waals surface area contributed by atoms with Crippen LogP contribution in [0.3, 0.4) is 0 Å². The zero-order valence-corrected chi connectivity index (χ0v) is 12.5. The van der Waals surface area contributed by atoms with Crippen molar-refractivity contribution in [2.45, 2.75) is 25.7 Å². The van der Waals surface area contributed by atoms with Crippen molar-refractivity contribution in [1.29, 1.82) is 0 Å². The van der Waals surface area contributed by atoms with Gasteiger partial charge < -0.3 is 10.2 Å². The van der Waals surface area contributed by atoms with E-state index >= 15 is 0 Å². The Morgan fingerprint density at radius 1 is 1.05 bits per heavy atom. The van der Waals surface area contributed by atoms with E-state index < -0.39 is 0 Å². The summed E-state index contributed by atoms with van der Waals surface area (Å²) in [6, 6.07) is -0.168. The van der Waals surface area contributed by atoms with Crippen LogP contribution in [0.1, 0.15) is 25.7 Å². The number of likely N-dealkylation sites (tertiary alicyclic amines) is 2. The first-order valence-corrected chi connectivity index (χ1v) is 8.23. The number of rotatable bonds is 2. The molecule has 22 heavy (non-hydrogen) atoms. The summed E-state index contributed by atoms with van der Waals surface area (Å²) in [5.41, 5.74) is 0. The molecule has 6 heteroatoms. The maximum atomic E-state index is 12.5. The van der Waals surface area contributed by atoms with E-state index in [1.54, 1.807) is 4.90 Å². The van der Waals surface area contributed by atoms with Crippen LogP contribution in [-0.4, -0.2) is 47.4 Å². The van der Waals surface area contributed by atoms with E-state index in [1.807, 2.05) is 0 Å². The van der Waals surface area contributed by atoms with Crippen LogP contribution in [0.4, 0.5) is 4.79 Å². The molecule has 0 aromatic rings. The molecule has 1 N–H and O–H groups in total. The number of urea groups is 1. The number of nitrogens with zero attached hydrogens (tertiary/aromatic N) is 2. The normalized spacial score (nSPS) is 36.2. The number of hydrogen-bond acceptors (Lipinski definition) is 3. The highest BCUT2D eigenvalue weighted by Gasteiger charge is 2.59. The molecule has 0 aromatic heterocycles. The van der Waals surface area contributed by atoms with Crippen LogP contribution in [-0.2, 0) is 9.59 Å². The van der Waals surface area contributed by atoms with Gasteiger partial charge >= 0.3 is 6.03 Å². The molecule has 118 valence electrons. The molecule has 4 unspecified atom stereocenters. The van der Waals surface area contributed by atoms with Crippen LogP contribution < -0.4 is 5.32 Å². The predicted molar refractivity (Wildman–Crippen MR) is 78.4 cm³/mol. The van der Waals surface area contributed by atoms with Gasteiger partial charge in [-0.25, -0.2) is 4.79 Å². The van der Waals surface area contributed by atoms with Crippen molar-refractivity contribution in [3.05, 3.63) is 12.2 Å². The molecular formula is C16H21N3O3. The van der Waals surface area contributed by atoms with Gasteiger partial charge in [0.15, 0.2) is 0 Å². The van der Waals surface area contributed by atoms with Gasteiger partial charge in [-0.1, -0.05) is 12.2 Å². The smallest absolute Gasteiger partial charge is 0.318 e. The second kappa shape index (κ2) is 5.11. The number of imide groups is 1. The van der Waals surface area contributed by atoms with Crippen molar-refractivity contribution in [1.82, 2.24) is 15.1 Å². The van der Waals surface area contributed by atoms with Crippen LogP contribution in [0.2, 0.25) is 0 Å². The molecule has 4 atom stereocenters. The molecule has 2 aliphatic heterocycles. The van der Waals surface area contributed by atoms with Gasteiger partial charge in [-0.2, -0.15) is 0 Å². The average molecular weight is 303 g/mol. The first kappa shape index (κ1) is 13.8. The number of carbonyl (C=O) groups is 3. The van der Waals surface area contributed by atoms with E-state index in [0.717, 1.165) is 38.8 Å². The minimum atomic E-state index is -0.186. The molecule has 6 nitrogen and oxygen atoms in total. The third-order valence-electron chi connectivity index (χ3n) is 5.59. The van der Waals surface area contributed by atoms with Gasteiger partial charge in [0.25, 0.3) is 0 Å². The van der Waals surface area contributed by atoms with Crippen LogP contribution in [0.15, 0.2) is 12.2 Å². The summed E-state index contributed by atoms with van der Waals surface area (Å²) in [6.07, 6.45) is 8.29. The highest BCUT2D eigenvalue weighted by atomic mass is 16.2. The van der Waals surface area contributed by atoms with Gasteiger partial charge in [0.2, 0.25) is 11.8 Å². The second-order valence-corrected chi connectivity index (χ2v) is 6.79. The van der Waals surface area contributed by atoms with E-state index in [4.69, 9.17) is 0 Å². The zero-order chi connectivity index (χ0) is 15.3. The summed E-state index contributed by atoms with van der Waals surface area (Å²) in [5.74, 6) is -0.149. The van der Waals surface area contributed by atoms with Crippen molar-refractivity contribution < 1.29 is 14.4 Å². The van der Waals surface area contributed by atoms with Crippen molar-refractivity contribution >= 4 is 17.8 Å². The number of allylic oxidation sites excluding steroid dienone is 2. The number of fused-ring (bicyclic) bond motifs is 5. The largest absolute Gasteiger partial charge is 0.325 e. The van der Waals surface area contributed by atoms with E-state index in [9.17, 15) is 14.4 Å². The molecule has 4 amide bonds. The van der Waals surface area contributed by atoms with E-state index in [1.165, 1.54) is 4.90 Å². The third kappa shape index (κ3) is 1.96. The molecule has 0 aromatic carbocycles. The van der Waals surface area contributed by atoms with Gasteiger partial charge in [-0.15, -0.1) is 0 Å². The van der Waals surface area contributed by atoms with Gasteiger partial charge in [0.1, 0.15) is 6.67 Å². The molecular weight excluding hydrogens is 282 g/mol. The first-order chi connectivity index (χ1) is 10.7. The quantitative estimate of drug-likeness (QED) is 0.610. The maximum Gasteiger partial charge on any atom is 0.318 e. The van der Waals surface area contributed by atoms with Gasteiger partial charge in [0.05, 0.1) is 11.8 Å². The number of hydrogen-bond donors (Lipinski definition) is 1. The molecule has 3 fully saturated rings. The molecule has 2 bridgehead atoms. The lowest BCUT2D eigenvalue weighted by molar-refractivity contribution is -0.140. The Hall–Kier alpha value is -1.85. The van der Waals surface area contributed by atoms with Crippen molar-refractivity contribution in [3.8, 4) is 0 Å². The van der Waals surface area contributed by atoms with Crippen LogP contribution in [0.25, 0.3) is 0 Å². The monoisotopic (exact) mass is 303 g/mol. The van der Waals surface area contributed by atoms with Crippen molar-refractivity contribution in [2.75, 3.05) is 19.8 Å².